The third kappa shape index (κ3) is 1.20. The molecule has 0 aliphatic heterocycles. The van der Waals surface area contributed by atoms with Crippen molar-refractivity contribution in [3.8, 4) is 0 Å². The lowest BCUT2D eigenvalue weighted by atomic mass is 9.79. The number of aliphatic hydroxyl groups is 1. The summed E-state index contributed by atoms with van der Waals surface area (Å²) in [6.07, 6.45) is 4.81. The first kappa shape index (κ1) is 9.74. The highest BCUT2D eigenvalue weighted by Gasteiger charge is 2.39. The van der Waals surface area contributed by atoms with Crippen molar-refractivity contribution in [3.05, 3.63) is 23.7 Å². The first-order chi connectivity index (χ1) is 6.70. The zero-order valence-electron chi connectivity index (χ0n) is 8.79. The van der Waals surface area contributed by atoms with E-state index in [-0.39, 0.29) is 12.1 Å². The summed E-state index contributed by atoms with van der Waals surface area (Å²) in [7, 11) is 4.02. The van der Waals surface area contributed by atoms with E-state index in [9.17, 15) is 5.11 Å². The van der Waals surface area contributed by atoms with Gasteiger partial charge in [-0.1, -0.05) is 0 Å². The number of furan rings is 1. The van der Waals surface area contributed by atoms with Gasteiger partial charge in [0.25, 0.3) is 0 Å². The van der Waals surface area contributed by atoms with Crippen LogP contribution in [-0.2, 0) is 12.0 Å². The van der Waals surface area contributed by atoms with Crippen molar-refractivity contribution >= 4 is 0 Å². The van der Waals surface area contributed by atoms with Crippen molar-refractivity contribution in [1.82, 2.24) is 4.90 Å². The fourth-order valence-electron chi connectivity index (χ4n) is 2.40. The SMILES string of the molecule is CN(C)C1(CO)CCCc2occc21. The summed E-state index contributed by atoms with van der Waals surface area (Å²) in [5, 5.41) is 9.59. The molecule has 1 aliphatic carbocycles. The van der Waals surface area contributed by atoms with Gasteiger partial charge in [0, 0.05) is 12.0 Å². The van der Waals surface area contributed by atoms with Gasteiger partial charge in [-0.2, -0.15) is 0 Å². The van der Waals surface area contributed by atoms with Crippen LogP contribution in [-0.4, -0.2) is 30.7 Å². The molecule has 1 heterocycles. The Morgan fingerprint density at radius 2 is 2.36 bits per heavy atom. The molecule has 0 saturated heterocycles. The van der Waals surface area contributed by atoms with Crippen LogP contribution in [0.2, 0.25) is 0 Å². The molecule has 2 rings (SSSR count). The Bertz CT molecular complexity index is 319. The van der Waals surface area contributed by atoms with Gasteiger partial charge < -0.3 is 9.52 Å². The minimum atomic E-state index is -0.222. The van der Waals surface area contributed by atoms with Crippen LogP contribution >= 0.6 is 0 Å². The zero-order chi connectivity index (χ0) is 10.2. The van der Waals surface area contributed by atoms with E-state index >= 15 is 0 Å². The molecular weight excluding hydrogens is 178 g/mol. The number of aryl methyl sites for hydroxylation is 1. The van der Waals surface area contributed by atoms with E-state index in [4.69, 9.17) is 4.42 Å². The molecule has 1 aliphatic rings. The predicted molar refractivity (Wildman–Crippen MR) is 54.1 cm³/mol. The Balaban J connectivity index is 2.47. The molecule has 3 nitrogen and oxygen atoms in total. The molecule has 0 amide bonds. The van der Waals surface area contributed by atoms with Crippen LogP contribution in [0.3, 0.4) is 0 Å². The molecular formula is C11H17NO2. The van der Waals surface area contributed by atoms with E-state index in [0.717, 1.165) is 30.6 Å². The largest absolute Gasteiger partial charge is 0.469 e. The predicted octanol–water partition coefficient (Wildman–Crippen LogP) is 1.37. The van der Waals surface area contributed by atoms with E-state index in [0.29, 0.717) is 0 Å². The van der Waals surface area contributed by atoms with Crippen LogP contribution in [0.15, 0.2) is 16.7 Å². The fourth-order valence-corrected chi connectivity index (χ4v) is 2.40. The van der Waals surface area contributed by atoms with Crippen LogP contribution < -0.4 is 0 Å². The number of hydrogen-bond acceptors (Lipinski definition) is 3. The van der Waals surface area contributed by atoms with Gasteiger partial charge in [-0.15, -0.1) is 0 Å². The highest BCUT2D eigenvalue weighted by Crippen LogP contribution is 2.39. The van der Waals surface area contributed by atoms with Gasteiger partial charge in [-0.05, 0) is 33.0 Å². The second-order valence-corrected chi connectivity index (χ2v) is 4.20. The molecule has 1 unspecified atom stereocenters. The molecule has 0 fully saturated rings. The second-order valence-electron chi connectivity index (χ2n) is 4.20. The minimum absolute atomic E-state index is 0.159. The molecule has 1 aromatic rings. The second kappa shape index (κ2) is 3.41. The number of rotatable bonds is 2. The average molecular weight is 195 g/mol. The minimum Gasteiger partial charge on any atom is -0.469 e. The molecule has 1 N–H and O–H groups in total. The zero-order valence-corrected chi connectivity index (χ0v) is 8.79. The van der Waals surface area contributed by atoms with Gasteiger partial charge in [-0.25, -0.2) is 0 Å². The summed E-state index contributed by atoms with van der Waals surface area (Å²) in [6.45, 7) is 0.159. The van der Waals surface area contributed by atoms with Crippen molar-refractivity contribution in [2.45, 2.75) is 24.8 Å². The van der Waals surface area contributed by atoms with Crippen molar-refractivity contribution in [1.29, 1.82) is 0 Å². The van der Waals surface area contributed by atoms with Crippen LogP contribution in [0.25, 0.3) is 0 Å². The third-order valence-corrected chi connectivity index (χ3v) is 3.36. The molecule has 0 spiro atoms. The quantitative estimate of drug-likeness (QED) is 0.774. The molecule has 0 bridgehead atoms. The number of hydrogen-bond donors (Lipinski definition) is 1. The number of nitrogens with zero attached hydrogens (tertiary/aromatic N) is 1. The third-order valence-electron chi connectivity index (χ3n) is 3.36. The number of fused-ring (bicyclic) bond motifs is 1. The molecule has 0 aromatic carbocycles. The van der Waals surface area contributed by atoms with Crippen molar-refractivity contribution < 1.29 is 9.52 Å². The summed E-state index contributed by atoms with van der Waals surface area (Å²) in [5.74, 6) is 1.04. The summed E-state index contributed by atoms with van der Waals surface area (Å²) in [5.41, 5.74) is 0.942. The Morgan fingerprint density at radius 3 is 3.00 bits per heavy atom. The topological polar surface area (TPSA) is 36.6 Å². The van der Waals surface area contributed by atoms with Gasteiger partial charge >= 0.3 is 0 Å². The van der Waals surface area contributed by atoms with Crippen molar-refractivity contribution in [2.75, 3.05) is 20.7 Å². The van der Waals surface area contributed by atoms with Crippen LogP contribution in [0.4, 0.5) is 0 Å². The lowest BCUT2D eigenvalue weighted by Gasteiger charge is -2.41. The molecule has 1 aromatic heterocycles. The van der Waals surface area contributed by atoms with E-state index < -0.39 is 0 Å². The lowest BCUT2D eigenvalue weighted by molar-refractivity contribution is 0.0480. The number of likely N-dealkylation sites (N-methyl/N-ethyl adjacent to an activating group) is 1. The molecule has 3 heteroatoms. The monoisotopic (exact) mass is 195 g/mol. The first-order valence-corrected chi connectivity index (χ1v) is 5.06. The van der Waals surface area contributed by atoms with Gasteiger partial charge in [0.1, 0.15) is 5.76 Å². The Kier molecular flexibility index (Phi) is 2.37. The highest BCUT2D eigenvalue weighted by molar-refractivity contribution is 5.29. The smallest absolute Gasteiger partial charge is 0.108 e. The molecule has 0 radical (unpaired) electrons. The van der Waals surface area contributed by atoms with Gasteiger partial charge in [-0.3, -0.25) is 4.90 Å². The van der Waals surface area contributed by atoms with Crippen LogP contribution in [0.5, 0.6) is 0 Å². The summed E-state index contributed by atoms with van der Waals surface area (Å²) >= 11 is 0. The standard InChI is InChI=1S/C11H17NO2/c1-12(2)11(8-13)6-3-4-10-9(11)5-7-14-10/h5,7,13H,3-4,6,8H2,1-2H3. The Hall–Kier alpha value is -0.800. The first-order valence-electron chi connectivity index (χ1n) is 5.06. The Morgan fingerprint density at radius 1 is 1.57 bits per heavy atom. The maximum atomic E-state index is 9.59. The number of aliphatic hydroxyl groups excluding tert-OH is 1. The molecule has 1 atom stereocenters. The molecule has 78 valence electrons. The van der Waals surface area contributed by atoms with E-state index in [1.807, 2.05) is 20.2 Å². The lowest BCUT2D eigenvalue weighted by Crippen LogP contribution is -2.46. The Labute approximate surface area is 84.3 Å². The highest BCUT2D eigenvalue weighted by atomic mass is 16.3. The summed E-state index contributed by atoms with van der Waals surface area (Å²) < 4.78 is 5.43. The summed E-state index contributed by atoms with van der Waals surface area (Å²) in [4.78, 5) is 2.10. The van der Waals surface area contributed by atoms with Crippen LogP contribution in [0.1, 0.15) is 24.2 Å². The normalized spacial score (nSPS) is 26.6. The van der Waals surface area contributed by atoms with Gasteiger partial charge in [0.2, 0.25) is 0 Å². The molecule has 0 saturated carbocycles. The average Bonchev–Trinajstić information content (AvgIpc) is 2.64. The maximum Gasteiger partial charge on any atom is 0.108 e. The molecule has 14 heavy (non-hydrogen) atoms. The van der Waals surface area contributed by atoms with E-state index in [1.165, 1.54) is 0 Å². The van der Waals surface area contributed by atoms with Crippen LogP contribution in [0, 0.1) is 0 Å². The van der Waals surface area contributed by atoms with E-state index in [2.05, 4.69) is 4.90 Å². The summed E-state index contributed by atoms with van der Waals surface area (Å²) in [6, 6.07) is 1.99. The van der Waals surface area contributed by atoms with E-state index in [1.54, 1.807) is 6.26 Å². The van der Waals surface area contributed by atoms with Gasteiger partial charge in [0.05, 0.1) is 18.4 Å². The van der Waals surface area contributed by atoms with Crippen molar-refractivity contribution in [2.24, 2.45) is 0 Å². The van der Waals surface area contributed by atoms with Crippen molar-refractivity contribution in [3.63, 3.8) is 0 Å². The van der Waals surface area contributed by atoms with Gasteiger partial charge in [0.15, 0.2) is 0 Å². The fraction of sp³-hybridized carbons (Fsp3) is 0.636. The maximum absolute atomic E-state index is 9.59.